The van der Waals surface area contributed by atoms with Crippen LogP contribution >= 0.6 is 15.9 Å². The molecule has 0 bridgehead atoms. The molecule has 21 heavy (non-hydrogen) atoms. The van der Waals surface area contributed by atoms with Crippen molar-refractivity contribution in [3.05, 3.63) is 51.4 Å². The van der Waals surface area contributed by atoms with Crippen LogP contribution in [0.15, 0.2) is 28.9 Å². The van der Waals surface area contributed by atoms with Crippen LogP contribution in [-0.4, -0.2) is 18.1 Å². The minimum absolute atomic E-state index is 0.292. The molecule has 0 atom stereocenters. The Kier molecular flexibility index (Phi) is 4.57. The molecule has 1 heterocycles. The summed E-state index contributed by atoms with van der Waals surface area (Å²) in [5.74, 6) is 0.0326. The van der Waals surface area contributed by atoms with Gasteiger partial charge in [0.2, 0.25) is 5.88 Å². The number of nitrogens with zero attached hydrogens (tertiary/aromatic N) is 1. The van der Waals surface area contributed by atoms with Gasteiger partial charge in [0.25, 0.3) is 0 Å². The van der Waals surface area contributed by atoms with E-state index in [1.165, 1.54) is 25.4 Å². The van der Waals surface area contributed by atoms with Gasteiger partial charge in [-0.1, -0.05) is 0 Å². The minimum Gasteiger partial charge on any atom is -0.465 e. The fourth-order valence-electron chi connectivity index (χ4n) is 1.89. The van der Waals surface area contributed by atoms with Gasteiger partial charge in [-0.2, -0.15) is 0 Å². The summed E-state index contributed by atoms with van der Waals surface area (Å²) in [5, 5.41) is 0. The van der Waals surface area contributed by atoms with Crippen molar-refractivity contribution < 1.29 is 18.7 Å². The fourth-order valence-corrected chi connectivity index (χ4v) is 2.31. The number of methoxy groups -OCH3 is 1. The Morgan fingerprint density at radius 3 is 2.38 bits per heavy atom. The number of benzene rings is 1. The number of carbonyl (C=O) groups is 1. The maximum atomic E-state index is 13.3. The summed E-state index contributed by atoms with van der Waals surface area (Å²) in [5.41, 5.74) is 1.64. The Labute approximate surface area is 130 Å². The van der Waals surface area contributed by atoms with Crippen molar-refractivity contribution in [3.8, 4) is 11.6 Å². The van der Waals surface area contributed by atoms with Crippen molar-refractivity contribution in [1.29, 1.82) is 0 Å². The predicted molar refractivity (Wildman–Crippen MR) is 79.2 cm³/mol. The van der Waals surface area contributed by atoms with Crippen molar-refractivity contribution in [2.45, 2.75) is 13.8 Å². The average molecular weight is 354 g/mol. The molecule has 0 aliphatic carbocycles. The second-order valence-corrected chi connectivity index (χ2v) is 5.33. The quantitative estimate of drug-likeness (QED) is 0.776. The van der Waals surface area contributed by atoms with Crippen LogP contribution in [0.4, 0.5) is 4.39 Å². The molecule has 0 saturated heterocycles. The number of aryl methyl sites for hydroxylation is 2. The van der Waals surface area contributed by atoms with Crippen LogP contribution in [0.25, 0.3) is 0 Å². The van der Waals surface area contributed by atoms with Crippen molar-refractivity contribution >= 4 is 21.9 Å². The lowest BCUT2D eigenvalue weighted by Crippen LogP contribution is -2.03. The summed E-state index contributed by atoms with van der Waals surface area (Å²) >= 11 is 3.30. The van der Waals surface area contributed by atoms with E-state index in [2.05, 4.69) is 25.7 Å². The zero-order chi connectivity index (χ0) is 15.6. The van der Waals surface area contributed by atoms with Crippen LogP contribution in [0.3, 0.4) is 0 Å². The number of halogens is 2. The van der Waals surface area contributed by atoms with Gasteiger partial charge in [-0.05, 0) is 59.1 Å². The highest BCUT2D eigenvalue weighted by molar-refractivity contribution is 9.10. The minimum atomic E-state index is -0.483. The van der Waals surface area contributed by atoms with Crippen LogP contribution in [0.5, 0.6) is 11.6 Å². The van der Waals surface area contributed by atoms with Gasteiger partial charge in [0, 0.05) is 6.20 Å². The number of esters is 1. The van der Waals surface area contributed by atoms with Gasteiger partial charge in [0.1, 0.15) is 11.6 Å². The van der Waals surface area contributed by atoms with Gasteiger partial charge >= 0.3 is 5.97 Å². The van der Waals surface area contributed by atoms with E-state index >= 15 is 0 Å². The maximum Gasteiger partial charge on any atom is 0.339 e. The highest BCUT2D eigenvalue weighted by Crippen LogP contribution is 2.32. The summed E-state index contributed by atoms with van der Waals surface area (Å²) in [7, 11) is 1.30. The third kappa shape index (κ3) is 3.39. The van der Waals surface area contributed by atoms with E-state index < -0.39 is 5.97 Å². The van der Waals surface area contributed by atoms with Gasteiger partial charge in [0.05, 0.1) is 17.1 Å². The molecular weight excluding hydrogens is 341 g/mol. The van der Waals surface area contributed by atoms with Gasteiger partial charge in [-0.3, -0.25) is 0 Å². The van der Waals surface area contributed by atoms with Crippen LogP contribution in [0.2, 0.25) is 0 Å². The van der Waals surface area contributed by atoms with E-state index in [1.807, 2.05) is 0 Å². The number of hydrogen-bond acceptors (Lipinski definition) is 4. The molecule has 6 heteroatoms. The first-order chi connectivity index (χ1) is 9.92. The molecule has 2 rings (SSSR count). The fraction of sp³-hybridized carbons (Fsp3) is 0.200. The van der Waals surface area contributed by atoms with E-state index in [0.29, 0.717) is 32.8 Å². The van der Waals surface area contributed by atoms with Gasteiger partial charge in [-0.15, -0.1) is 0 Å². The molecule has 0 aliphatic heterocycles. The van der Waals surface area contributed by atoms with Crippen molar-refractivity contribution in [2.24, 2.45) is 0 Å². The van der Waals surface area contributed by atoms with Crippen molar-refractivity contribution in [2.75, 3.05) is 7.11 Å². The Hall–Kier alpha value is -1.95. The summed E-state index contributed by atoms with van der Waals surface area (Å²) in [6, 6.07) is 4.33. The molecule has 110 valence electrons. The van der Waals surface area contributed by atoms with Gasteiger partial charge in [0.15, 0.2) is 0 Å². The molecule has 0 unspecified atom stereocenters. The highest BCUT2D eigenvalue weighted by Gasteiger charge is 2.14. The zero-order valence-electron chi connectivity index (χ0n) is 11.7. The normalized spacial score (nSPS) is 10.3. The second kappa shape index (κ2) is 6.22. The van der Waals surface area contributed by atoms with E-state index in [-0.39, 0.29) is 5.82 Å². The topological polar surface area (TPSA) is 48.4 Å². The molecule has 4 nitrogen and oxygen atoms in total. The average Bonchev–Trinajstić information content (AvgIpc) is 2.43. The van der Waals surface area contributed by atoms with E-state index in [9.17, 15) is 9.18 Å². The monoisotopic (exact) mass is 353 g/mol. The number of ether oxygens (including phenoxy) is 2. The molecule has 0 N–H and O–H groups in total. The zero-order valence-corrected chi connectivity index (χ0v) is 13.3. The largest absolute Gasteiger partial charge is 0.465 e. The Morgan fingerprint density at radius 2 is 1.86 bits per heavy atom. The number of hydrogen-bond donors (Lipinski definition) is 0. The molecule has 2 aromatic rings. The van der Waals surface area contributed by atoms with Crippen LogP contribution < -0.4 is 4.74 Å². The van der Waals surface area contributed by atoms with Crippen molar-refractivity contribution in [1.82, 2.24) is 4.98 Å². The predicted octanol–water partition coefficient (Wildman–Crippen LogP) is 4.18. The summed E-state index contributed by atoms with van der Waals surface area (Å²) < 4.78 is 24.1. The summed E-state index contributed by atoms with van der Waals surface area (Å²) in [6.45, 7) is 3.50. The van der Waals surface area contributed by atoms with Gasteiger partial charge < -0.3 is 9.47 Å². The molecule has 1 aromatic heterocycles. The first-order valence-electron chi connectivity index (χ1n) is 6.11. The van der Waals surface area contributed by atoms with Crippen LogP contribution in [0, 0.1) is 19.7 Å². The molecule has 0 fully saturated rings. The van der Waals surface area contributed by atoms with E-state index in [0.717, 1.165) is 0 Å². The van der Waals surface area contributed by atoms with E-state index in [4.69, 9.17) is 4.74 Å². The standard InChI is InChI=1S/C15H13BrFNO3/c1-8-4-11(17)5-9(2)13(8)21-14-12(16)6-10(7-18-14)15(19)20-3/h4-7H,1-3H3. The lowest BCUT2D eigenvalue weighted by molar-refractivity contribution is 0.0600. The van der Waals surface area contributed by atoms with Crippen molar-refractivity contribution in [3.63, 3.8) is 0 Å². The lowest BCUT2D eigenvalue weighted by atomic mass is 10.1. The lowest BCUT2D eigenvalue weighted by Gasteiger charge is -2.12. The van der Waals surface area contributed by atoms with Crippen LogP contribution in [0.1, 0.15) is 21.5 Å². The van der Waals surface area contributed by atoms with Gasteiger partial charge in [-0.25, -0.2) is 14.2 Å². The number of aromatic nitrogens is 1. The molecule has 0 aliphatic rings. The summed E-state index contributed by atoms with van der Waals surface area (Å²) in [4.78, 5) is 15.5. The smallest absolute Gasteiger partial charge is 0.339 e. The third-order valence-electron chi connectivity index (χ3n) is 2.85. The molecule has 0 radical (unpaired) electrons. The van der Waals surface area contributed by atoms with Crippen LogP contribution in [-0.2, 0) is 4.74 Å². The number of rotatable bonds is 3. The molecule has 0 spiro atoms. The Morgan fingerprint density at radius 1 is 1.24 bits per heavy atom. The first-order valence-corrected chi connectivity index (χ1v) is 6.90. The number of pyridine rings is 1. The molecule has 1 aromatic carbocycles. The molecule has 0 saturated carbocycles. The third-order valence-corrected chi connectivity index (χ3v) is 3.42. The Balaban J connectivity index is 2.35. The Bertz CT molecular complexity index is 680. The summed E-state index contributed by atoms with van der Waals surface area (Å²) in [6.07, 6.45) is 1.36. The second-order valence-electron chi connectivity index (χ2n) is 4.47. The first kappa shape index (κ1) is 15.4. The van der Waals surface area contributed by atoms with E-state index in [1.54, 1.807) is 19.9 Å². The SMILES string of the molecule is COC(=O)c1cnc(Oc2c(C)cc(F)cc2C)c(Br)c1. The molecule has 0 amide bonds. The number of carbonyl (C=O) groups excluding carboxylic acids is 1. The highest BCUT2D eigenvalue weighted by atomic mass is 79.9. The maximum absolute atomic E-state index is 13.3. The molecular formula is C15H13BrFNO3.